The topological polar surface area (TPSA) is 100.0 Å². The molecule has 0 bridgehead atoms. The zero-order valence-corrected chi connectivity index (χ0v) is 18.8. The summed E-state index contributed by atoms with van der Waals surface area (Å²) in [6.07, 6.45) is 9.12. The molecule has 1 aromatic heterocycles. The maximum Gasteiger partial charge on any atom is 0.296 e. The van der Waals surface area contributed by atoms with Crippen LogP contribution in [-0.2, 0) is 6.54 Å². The number of nitrogens with zero attached hydrogens (tertiary/aromatic N) is 7. The number of imidazole rings is 1. The Hall–Kier alpha value is -4.37. The average Bonchev–Trinajstić information content (AvgIpc) is 3.50. The van der Waals surface area contributed by atoms with Crippen LogP contribution in [0.25, 0.3) is 11.5 Å². The van der Waals surface area contributed by atoms with Crippen molar-refractivity contribution in [1.82, 2.24) is 14.6 Å². The van der Waals surface area contributed by atoms with Crippen LogP contribution >= 0.6 is 0 Å². The molecule has 0 amide bonds. The lowest BCUT2D eigenvalue weighted by Gasteiger charge is -2.16. The van der Waals surface area contributed by atoms with Crippen LogP contribution in [0.5, 0.6) is 6.01 Å². The van der Waals surface area contributed by atoms with Gasteiger partial charge in [0, 0.05) is 22.8 Å². The molecule has 9 nitrogen and oxygen atoms in total. The lowest BCUT2D eigenvalue weighted by Crippen LogP contribution is -2.22. The average molecular weight is 454 g/mol. The molecule has 0 unspecified atom stereocenters. The van der Waals surface area contributed by atoms with Crippen LogP contribution in [0.1, 0.15) is 18.2 Å². The Balaban J connectivity index is 1.80. The highest BCUT2D eigenvalue weighted by Crippen LogP contribution is 2.15. The molecule has 0 radical (unpaired) electrons. The number of aryl methyl sites for hydroxylation is 1. The first-order valence-corrected chi connectivity index (χ1v) is 10.9. The van der Waals surface area contributed by atoms with E-state index in [1.165, 1.54) is 0 Å². The molecule has 0 fully saturated rings. The van der Waals surface area contributed by atoms with E-state index < -0.39 is 0 Å². The number of allylic oxidation sites excluding steroid dienone is 2. The second-order valence-electron chi connectivity index (χ2n) is 7.78. The largest absolute Gasteiger partial charge is 0.465 e. The van der Waals surface area contributed by atoms with Gasteiger partial charge in [-0.3, -0.25) is 9.77 Å². The van der Waals surface area contributed by atoms with Crippen molar-refractivity contribution in [3.63, 3.8) is 0 Å². The SMILES string of the molecule is CCOc1nc(C)cn1Cc1ccc(=c2ccccc2=C2N=NN=N2)c(=C2C=CC=CN2O)c1. The molecule has 0 saturated heterocycles. The van der Waals surface area contributed by atoms with Gasteiger partial charge in [-0.15, -0.1) is 10.2 Å². The van der Waals surface area contributed by atoms with Crippen molar-refractivity contribution >= 4 is 11.5 Å². The smallest absolute Gasteiger partial charge is 0.296 e. The van der Waals surface area contributed by atoms with Gasteiger partial charge < -0.3 is 4.74 Å². The van der Waals surface area contributed by atoms with E-state index in [9.17, 15) is 5.21 Å². The van der Waals surface area contributed by atoms with Crippen molar-refractivity contribution in [3.8, 4) is 6.01 Å². The van der Waals surface area contributed by atoms with Crippen molar-refractivity contribution in [2.24, 2.45) is 20.7 Å². The number of hydrogen-bond donors (Lipinski definition) is 1. The molecule has 2 aliphatic heterocycles. The van der Waals surface area contributed by atoms with Gasteiger partial charge in [0.15, 0.2) is 0 Å². The predicted octanol–water partition coefficient (Wildman–Crippen LogP) is 3.71. The molecule has 0 saturated carbocycles. The third kappa shape index (κ3) is 4.16. The monoisotopic (exact) mass is 453 g/mol. The van der Waals surface area contributed by atoms with Crippen molar-refractivity contribution in [3.05, 3.63) is 105 Å². The molecule has 0 aliphatic carbocycles. The number of benzene rings is 2. The number of hydrogen-bond acceptors (Lipinski definition) is 8. The molecule has 9 heteroatoms. The van der Waals surface area contributed by atoms with E-state index in [-0.39, 0.29) is 0 Å². The first kappa shape index (κ1) is 21.5. The lowest BCUT2D eigenvalue weighted by atomic mass is 10.1. The molecule has 0 spiro atoms. The summed E-state index contributed by atoms with van der Waals surface area (Å²) < 4.78 is 7.68. The molecular formula is C25H23N7O2. The minimum Gasteiger partial charge on any atom is -0.465 e. The Bertz CT molecular complexity index is 1570. The minimum absolute atomic E-state index is 0.450. The predicted molar refractivity (Wildman–Crippen MR) is 125 cm³/mol. The van der Waals surface area contributed by atoms with Gasteiger partial charge in [-0.25, -0.2) is 10.0 Å². The van der Waals surface area contributed by atoms with E-state index >= 15 is 0 Å². The molecule has 3 heterocycles. The van der Waals surface area contributed by atoms with Gasteiger partial charge in [0.2, 0.25) is 5.82 Å². The fourth-order valence-electron chi connectivity index (χ4n) is 4.03. The Labute approximate surface area is 195 Å². The van der Waals surface area contributed by atoms with Gasteiger partial charge in [0.05, 0.1) is 24.5 Å². The van der Waals surface area contributed by atoms with E-state index in [1.807, 2.05) is 67.1 Å². The quantitative estimate of drug-likeness (QED) is 0.651. The number of hydroxylamine groups is 2. The van der Waals surface area contributed by atoms with Crippen LogP contribution in [0.4, 0.5) is 0 Å². The molecule has 2 aromatic carbocycles. The van der Waals surface area contributed by atoms with Crippen LogP contribution < -0.4 is 15.2 Å². The summed E-state index contributed by atoms with van der Waals surface area (Å²) >= 11 is 0. The van der Waals surface area contributed by atoms with E-state index in [0.29, 0.717) is 30.7 Å². The molecular weight excluding hydrogens is 430 g/mol. The highest BCUT2D eigenvalue weighted by molar-refractivity contribution is 5.58. The highest BCUT2D eigenvalue weighted by Gasteiger charge is 2.11. The maximum atomic E-state index is 10.6. The van der Waals surface area contributed by atoms with Crippen molar-refractivity contribution < 1.29 is 9.94 Å². The van der Waals surface area contributed by atoms with E-state index in [2.05, 4.69) is 37.8 Å². The number of ether oxygens (including phenoxy) is 1. The fraction of sp³-hybridized carbons (Fsp3) is 0.160. The Kier molecular flexibility index (Phi) is 5.84. The molecule has 3 aromatic rings. The van der Waals surface area contributed by atoms with Crippen LogP contribution in [0, 0.1) is 17.4 Å². The van der Waals surface area contributed by atoms with E-state index in [1.54, 1.807) is 12.3 Å². The van der Waals surface area contributed by atoms with Crippen molar-refractivity contribution in [1.29, 1.82) is 0 Å². The van der Waals surface area contributed by atoms with Gasteiger partial charge in [-0.05, 0) is 58.5 Å². The molecule has 5 rings (SSSR count). The van der Waals surface area contributed by atoms with Crippen LogP contribution in [-0.4, -0.2) is 26.4 Å². The first-order chi connectivity index (χ1) is 16.6. The normalized spacial score (nSPS) is 17.1. The summed E-state index contributed by atoms with van der Waals surface area (Å²) in [6, 6.07) is 14.6. The number of aromatic nitrogens is 2. The molecule has 0 atom stereocenters. The fourth-order valence-corrected chi connectivity index (χ4v) is 4.03. The molecule has 1 N–H and O–H groups in total. The number of rotatable bonds is 4. The van der Waals surface area contributed by atoms with Crippen LogP contribution in [0.2, 0.25) is 0 Å². The minimum atomic E-state index is 0.450. The van der Waals surface area contributed by atoms with Gasteiger partial charge in [0.25, 0.3) is 6.01 Å². The second kappa shape index (κ2) is 9.24. The third-order valence-electron chi connectivity index (χ3n) is 5.46. The van der Waals surface area contributed by atoms with Gasteiger partial charge in [-0.2, -0.15) is 0 Å². The Morgan fingerprint density at radius 2 is 1.71 bits per heavy atom. The summed E-state index contributed by atoms with van der Waals surface area (Å²) in [7, 11) is 0. The Morgan fingerprint density at radius 1 is 0.941 bits per heavy atom. The Morgan fingerprint density at radius 3 is 2.47 bits per heavy atom. The molecule has 2 aliphatic rings. The summed E-state index contributed by atoms with van der Waals surface area (Å²) in [4.78, 5) is 4.47. The zero-order chi connectivity index (χ0) is 23.5. The van der Waals surface area contributed by atoms with Crippen LogP contribution in [0.3, 0.4) is 0 Å². The standard InChI is InChI=1S/C25H23N7O2/c1-3-34-25-26-17(2)15-31(25)16-18-11-12-20(22(14-18)23-10-6-7-13-32(23)33)19-8-4-5-9-21(19)24-27-29-30-28-24/h4-15,33H,3,16H2,1-2H3. The van der Waals surface area contributed by atoms with Crippen molar-refractivity contribution in [2.75, 3.05) is 6.61 Å². The first-order valence-electron chi connectivity index (χ1n) is 10.9. The van der Waals surface area contributed by atoms with Crippen molar-refractivity contribution in [2.45, 2.75) is 20.4 Å². The molecule has 34 heavy (non-hydrogen) atoms. The van der Waals surface area contributed by atoms with Gasteiger partial charge in [-0.1, -0.05) is 42.5 Å². The zero-order valence-electron chi connectivity index (χ0n) is 18.8. The summed E-state index contributed by atoms with van der Waals surface area (Å²) in [5, 5.41) is 30.6. The van der Waals surface area contributed by atoms with Gasteiger partial charge >= 0.3 is 0 Å². The second-order valence-corrected chi connectivity index (χ2v) is 7.78. The lowest BCUT2D eigenvalue weighted by molar-refractivity contribution is 0.0241. The van der Waals surface area contributed by atoms with Gasteiger partial charge in [0.1, 0.15) is 0 Å². The van der Waals surface area contributed by atoms with E-state index in [0.717, 1.165) is 37.2 Å². The maximum absolute atomic E-state index is 10.6. The summed E-state index contributed by atoms with van der Waals surface area (Å²) in [5.41, 5.74) is 2.58. The summed E-state index contributed by atoms with van der Waals surface area (Å²) in [5.74, 6) is 0.450. The highest BCUT2D eigenvalue weighted by atomic mass is 16.5. The van der Waals surface area contributed by atoms with Crippen LogP contribution in [0.15, 0.2) is 93.8 Å². The van der Waals surface area contributed by atoms with E-state index in [4.69, 9.17) is 4.74 Å². The third-order valence-corrected chi connectivity index (χ3v) is 5.46. The molecule has 170 valence electrons. The summed E-state index contributed by atoms with van der Waals surface area (Å²) in [6.45, 7) is 5.00.